The molecule has 0 aliphatic carbocycles. The Morgan fingerprint density at radius 1 is 1.31 bits per heavy atom. The number of hydrogen-bond donors (Lipinski definition) is 1. The van der Waals surface area contributed by atoms with Crippen LogP contribution in [-0.2, 0) is 7.05 Å². The molecule has 80 valence electrons. The first-order chi connectivity index (χ1) is 7.65. The Balaban J connectivity index is 2.51. The third-order valence-electron chi connectivity index (χ3n) is 2.60. The van der Waals surface area contributed by atoms with Gasteiger partial charge in [-0.15, -0.1) is 0 Å². The van der Waals surface area contributed by atoms with Crippen LogP contribution in [0.5, 0.6) is 0 Å². The average Bonchev–Trinajstić information content (AvgIpc) is 2.52. The molecule has 0 bridgehead atoms. The molecule has 0 atom stereocenters. The van der Waals surface area contributed by atoms with Crippen LogP contribution in [0.15, 0.2) is 24.3 Å². The van der Waals surface area contributed by atoms with Crippen LogP contribution in [0.2, 0.25) is 0 Å². The van der Waals surface area contributed by atoms with Gasteiger partial charge in [0.25, 0.3) is 0 Å². The van der Waals surface area contributed by atoms with Crippen LogP contribution in [-0.4, -0.2) is 14.8 Å². The predicted molar refractivity (Wildman–Crippen MR) is 60.4 cm³/mol. The third kappa shape index (κ3) is 1.14. The maximum Gasteiger partial charge on any atom is 0.160 e. The van der Waals surface area contributed by atoms with Gasteiger partial charge in [-0.3, -0.25) is 0 Å². The van der Waals surface area contributed by atoms with Gasteiger partial charge in [0.05, 0.1) is 10.9 Å². The van der Waals surface area contributed by atoms with E-state index in [1.54, 1.807) is 17.8 Å². The van der Waals surface area contributed by atoms with E-state index < -0.39 is 0 Å². The van der Waals surface area contributed by atoms with E-state index in [4.69, 9.17) is 5.73 Å². The van der Waals surface area contributed by atoms with Gasteiger partial charge in [0, 0.05) is 18.5 Å². The van der Waals surface area contributed by atoms with E-state index in [0.29, 0.717) is 17.0 Å². The molecule has 0 aliphatic heterocycles. The molecule has 0 unspecified atom stereocenters. The fraction of sp³-hybridized carbons (Fsp3) is 0.0909. The summed E-state index contributed by atoms with van der Waals surface area (Å²) in [6.45, 7) is 0. The lowest BCUT2D eigenvalue weighted by Gasteiger charge is -1.98. The van der Waals surface area contributed by atoms with Crippen molar-refractivity contribution in [3.63, 3.8) is 0 Å². The molecule has 2 aromatic heterocycles. The Labute approximate surface area is 90.5 Å². The summed E-state index contributed by atoms with van der Waals surface area (Å²) < 4.78 is 14.6. The SMILES string of the molecule is Cn1nc(N)c2cc3ccc(F)cc3nc21. The van der Waals surface area contributed by atoms with Gasteiger partial charge in [-0.25, -0.2) is 14.1 Å². The molecule has 5 heteroatoms. The molecule has 0 spiro atoms. The number of fused-ring (bicyclic) bond motifs is 2. The van der Waals surface area contributed by atoms with Gasteiger partial charge < -0.3 is 5.73 Å². The topological polar surface area (TPSA) is 56.7 Å². The molecule has 16 heavy (non-hydrogen) atoms. The van der Waals surface area contributed by atoms with E-state index >= 15 is 0 Å². The summed E-state index contributed by atoms with van der Waals surface area (Å²) in [6, 6.07) is 6.36. The zero-order valence-electron chi connectivity index (χ0n) is 8.61. The number of anilines is 1. The number of rotatable bonds is 0. The van der Waals surface area contributed by atoms with Crippen molar-refractivity contribution in [3.8, 4) is 0 Å². The summed E-state index contributed by atoms with van der Waals surface area (Å²) in [7, 11) is 1.76. The van der Waals surface area contributed by atoms with Gasteiger partial charge in [-0.1, -0.05) is 0 Å². The number of hydrogen-bond acceptors (Lipinski definition) is 3. The molecule has 0 saturated carbocycles. The largest absolute Gasteiger partial charge is 0.382 e. The minimum atomic E-state index is -0.297. The molecule has 1 aromatic carbocycles. The highest BCUT2D eigenvalue weighted by Gasteiger charge is 2.08. The molecule has 2 heterocycles. The van der Waals surface area contributed by atoms with Crippen molar-refractivity contribution in [1.82, 2.24) is 14.8 Å². The first-order valence-electron chi connectivity index (χ1n) is 4.83. The molecule has 3 aromatic rings. The van der Waals surface area contributed by atoms with Crippen molar-refractivity contribution >= 4 is 27.8 Å². The second-order valence-corrected chi connectivity index (χ2v) is 3.71. The number of nitrogen functional groups attached to an aromatic ring is 1. The number of nitrogens with two attached hydrogens (primary N) is 1. The van der Waals surface area contributed by atoms with Crippen molar-refractivity contribution in [2.75, 3.05) is 5.73 Å². The quantitative estimate of drug-likeness (QED) is 0.623. The van der Waals surface area contributed by atoms with Gasteiger partial charge in [0.15, 0.2) is 11.5 Å². The van der Waals surface area contributed by atoms with Crippen molar-refractivity contribution in [1.29, 1.82) is 0 Å². The zero-order chi connectivity index (χ0) is 11.3. The minimum Gasteiger partial charge on any atom is -0.382 e. The highest BCUT2D eigenvalue weighted by atomic mass is 19.1. The highest BCUT2D eigenvalue weighted by Crippen LogP contribution is 2.23. The normalized spacial score (nSPS) is 11.4. The van der Waals surface area contributed by atoms with Crippen LogP contribution in [0, 0.1) is 5.82 Å². The van der Waals surface area contributed by atoms with E-state index in [-0.39, 0.29) is 5.82 Å². The highest BCUT2D eigenvalue weighted by molar-refractivity contribution is 5.96. The van der Waals surface area contributed by atoms with Crippen LogP contribution in [0.3, 0.4) is 0 Å². The maximum atomic E-state index is 13.1. The van der Waals surface area contributed by atoms with Gasteiger partial charge >= 0.3 is 0 Å². The Morgan fingerprint density at radius 3 is 2.94 bits per heavy atom. The summed E-state index contributed by atoms with van der Waals surface area (Å²) in [5.41, 5.74) is 7.02. The average molecular weight is 216 g/mol. The Hall–Kier alpha value is -2.17. The number of aryl methyl sites for hydroxylation is 1. The number of pyridine rings is 1. The Morgan fingerprint density at radius 2 is 2.12 bits per heavy atom. The molecular weight excluding hydrogens is 207 g/mol. The zero-order valence-corrected chi connectivity index (χ0v) is 8.61. The number of benzene rings is 1. The maximum absolute atomic E-state index is 13.1. The summed E-state index contributed by atoms with van der Waals surface area (Å²) in [5.74, 6) is 0.144. The standard InChI is InChI=1S/C11H9FN4/c1-16-11-8(10(13)15-16)4-6-2-3-7(12)5-9(6)14-11/h2-5H,1H3,(H2,13,15). The summed E-state index contributed by atoms with van der Waals surface area (Å²) in [6.07, 6.45) is 0. The second kappa shape index (κ2) is 2.91. The summed E-state index contributed by atoms with van der Waals surface area (Å²) >= 11 is 0. The van der Waals surface area contributed by atoms with Gasteiger partial charge in [-0.05, 0) is 18.2 Å². The van der Waals surface area contributed by atoms with Crippen LogP contribution in [0.4, 0.5) is 10.2 Å². The first kappa shape index (κ1) is 9.08. The minimum absolute atomic E-state index is 0.297. The molecule has 4 nitrogen and oxygen atoms in total. The van der Waals surface area contributed by atoms with E-state index in [9.17, 15) is 4.39 Å². The predicted octanol–water partition coefficient (Wildman–Crippen LogP) is 1.84. The lowest BCUT2D eigenvalue weighted by molar-refractivity contribution is 0.629. The lowest BCUT2D eigenvalue weighted by atomic mass is 10.2. The van der Waals surface area contributed by atoms with Crippen LogP contribution in [0.25, 0.3) is 21.9 Å². The fourth-order valence-corrected chi connectivity index (χ4v) is 1.83. The van der Waals surface area contributed by atoms with Gasteiger partial charge in [0.2, 0.25) is 0 Å². The van der Waals surface area contributed by atoms with E-state index in [0.717, 1.165) is 10.8 Å². The molecule has 2 N–H and O–H groups in total. The van der Waals surface area contributed by atoms with Crippen LogP contribution in [0.1, 0.15) is 0 Å². The summed E-state index contributed by atoms with van der Waals surface area (Å²) in [5, 5.41) is 5.72. The number of nitrogens with zero attached hydrogens (tertiary/aromatic N) is 3. The molecule has 0 saturated heterocycles. The van der Waals surface area contributed by atoms with Gasteiger partial charge in [0.1, 0.15) is 5.82 Å². The Bertz CT molecular complexity index is 702. The van der Waals surface area contributed by atoms with Crippen molar-refractivity contribution in [3.05, 3.63) is 30.1 Å². The van der Waals surface area contributed by atoms with Crippen molar-refractivity contribution in [2.24, 2.45) is 7.05 Å². The van der Waals surface area contributed by atoms with E-state index in [2.05, 4.69) is 10.1 Å². The smallest absolute Gasteiger partial charge is 0.160 e. The lowest BCUT2D eigenvalue weighted by Crippen LogP contribution is -1.93. The summed E-state index contributed by atoms with van der Waals surface area (Å²) in [4.78, 5) is 4.34. The first-order valence-corrected chi connectivity index (χ1v) is 4.83. The molecule has 0 fully saturated rings. The third-order valence-corrected chi connectivity index (χ3v) is 2.60. The fourth-order valence-electron chi connectivity index (χ4n) is 1.83. The molecule has 3 rings (SSSR count). The van der Waals surface area contributed by atoms with Crippen molar-refractivity contribution in [2.45, 2.75) is 0 Å². The van der Waals surface area contributed by atoms with Crippen LogP contribution >= 0.6 is 0 Å². The van der Waals surface area contributed by atoms with E-state index in [1.807, 2.05) is 6.07 Å². The van der Waals surface area contributed by atoms with Crippen LogP contribution < -0.4 is 5.73 Å². The van der Waals surface area contributed by atoms with Gasteiger partial charge in [-0.2, -0.15) is 5.10 Å². The van der Waals surface area contributed by atoms with E-state index in [1.165, 1.54) is 12.1 Å². The number of halogens is 1. The number of aromatic nitrogens is 3. The molecule has 0 amide bonds. The Kier molecular flexibility index (Phi) is 1.65. The molecule has 0 radical (unpaired) electrons. The van der Waals surface area contributed by atoms with Crippen molar-refractivity contribution < 1.29 is 4.39 Å². The molecule has 0 aliphatic rings. The monoisotopic (exact) mass is 216 g/mol. The molecular formula is C11H9FN4. The second-order valence-electron chi connectivity index (χ2n) is 3.71.